The van der Waals surface area contributed by atoms with Crippen molar-refractivity contribution in [3.8, 4) is 0 Å². The van der Waals surface area contributed by atoms with Gasteiger partial charge in [0.05, 0.1) is 0 Å². The minimum Gasteiger partial charge on any atom is -0.480 e. The molecule has 0 bridgehead atoms. The van der Waals surface area contributed by atoms with Crippen LogP contribution in [0.4, 0.5) is 0 Å². The van der Waals surface area contributed by atoms with E-state index in [1.54, 1.807) is 13.8 Å². The molecule has 64 valence electrons. The highest BCUT2D eigenvalue weighted by Gasteiger charge is 2.31. The van der Waals surface area contributed by atoms with Crippen molar-refractivity contribution in [1.29, 1.82) is 0 Å². The molecule has 3 heteroatoms. The second kappa shape index (κ2) is 2.81. The van der Waals surface area contributed by atoms with E-state index in [1.807, 2.05) is 0 Å². The van der Waals surface area contributed by atoms with Crippen molar-refractivity contribution in [3.05, 3.63) is 0 Å². The standard InChI is InChI=1S/C8H15NO2/c1-8(2,7(10)11)9-6-4-3-5-6/h6,9H,3-5H2,1-2H3,(H,10,11). The summed E-state index contributed by atoms with van der Waals surface area (Å²) in [6, 6.07) is 0.432. The molecule has 1 fully saturated rings. The van der Waals surface area contributed by atoms with E-state index in [2.05, 4.69) is 5.32 Å². The Morgan fingerprint density at radius 3 is 2.36 bits per heavy atom. The first kappa shape index (κ1) is 8.53. The van der Waals surface area contributed by atoms with E-state index in [0.717, 1.165) is 12.8 Å². The van der Waals surface area contributed by atoms with Gasteiger partial charge in [0.2, 0.25) is 0 Å². The summed E-state index contributed by atoms with van der Waals surface area (Å²) in [6.45, 7) is 3.40. The van der Waals surface area contributed by atoms with Crippen LogP contribution in [0.15, 0.2) is 0 Å². The van der Waals surface area contributed by atoms with Gasteiger partial charge in [-0.1, -0.05) is 6.42 Å². The zero-order chi connectivity index (χ0) is 8.48. The lowest BCUT2D eigenvalue weighted by Crippen LogP contribution is -2.53. The molecule has 0 aliphatic heterocycles. The van der Waals surface area contributed by atoms with Crippen LogP contribution < -0.4 is 5.32 Å². The van der Waals surface area contributed by atoms with Gasteiger partial charge in [0.25, 0.3) is 0 Å². The fourth-order valence-corrected chi connectivity index (χ4v) is 1.12. The predicted molar refractivity (Wildman–Crippen MR) is 42.5 cm³/mol. The van der Waals surface area contributed by atoms with E-state index in [4.69, 9.17) is 5.11 Å². The maximum Gasteiger partial charge on any atom is 0.323 e. The van der Waals surface area contributed by atoms with Gasteiger partial charge in [0.15, 0.2) is 0 Å². The Morgan fingerprint density at radius 2 is 2.09 bits per heavy atom. The SMILES string of the molecule is CC(C)(NC1CCC1)C(=O)O. The van der Waals surface area contributed by atoms with Gasteiger partial charge in [0.1, 0.15) is 5.54 Å². The summed E-state index contributed by atoms with van der Waals surface area (Å²) in [4.78, 5) is 10.6. The second-order valence-corrected chi connectivity index (χ2v) is 3.70. The number of rotatable bonds is 3. The van der Waals surface area contributed by atoms with Gasteiger partial charge >= 0.3 is 5.97 Å². The average molecular weight is 157 g/mol. The fraction of sp³-hybridized carbons (Fsp3) is 0.875. The van der Waals surface area contributed by atoms with Gasteiger partial charge in [-0.3, -0.25) is 10.1 Å². The number of hydrogen-bond donors (Lipinski definition) is 2. The summed E-state index contributed by atoms with van der Waals surface area (Å²) >= 11 is 0. The van der Waals surface area contributed by atoms with E-state index in [0.29, 0.717) is 6.04 Å². The van der Waals surface area contributed by atoms with Gasteiger partial charge in [-0.05, 0) is 26.7 Å². The Bertz CT molecular complexity index is 161. The summed E-state index contributed by atoms with van der Waals surface area (Å²) in [5.41, 5.74) is -0.759. The van der Waals surface area contributed by atoms with Gasteiger partial charge in [-0.25, -0.2) is 0 Å². The van der Waals surface area contributed by atoms with Crippen LogP contribution in [0.2, 0.25) is 0 Å². The van der Waals surface area contributed by atoms with Gasteiger partial charge in [-0.2, -0.15) is 0 Å². The lowest BCUT2D eigenvalue weighted by atomic mass is 9.90. The van der Waals surface area contributed by atoms with E-state index in [1.165, 1.54) is 6.42 Å². The molecule has 0 amide bonds. The molecule has 1 saturated carbocycles. The van der Waals surface area contributed by atoms with E-state index >= 15 is 0 Å². The van der Waals surface area contributed by atoms with Crippen LogP contribution in [0, 0.1) is 0 Å². The van der Waals surface area contributed by atoms with Crippen molar-refractivity contribution in [3.63, 3.8) is 0 Å². The first-order valence-corrected chi connectivity index (χ1v) is 4.03. The smallest absolute Gasteiger partial charge is 0.323 e. The van der Waals surface area contributed by atoms with Crippen LogP contribution in [-0.2, 0) is 4.79 Å². The number of nitrogens with one attached hydrogen (secondary N) is 1. The molecule has 1 aliphatic carbocycles. The van der Waals surface area contributed by atoms with Crippen LogP contribution in [0.5, 0.6) is 0 Å². The summed E-state index contributed by atoms with van der Waals surface area (Å²) in [6.07, 6.45) is 3.47. The molecule has 0 saturated heterocycles. The maximum atomic E-state index is 10.6. The first-order valence-electron chi connectivity index (χ1n) is 4.03. The minimum absolute atomic E-state index is 0.432. The number of aliphatic carboxylic acids is 1. The summed E-state index contributed by atoms with van der Waals surface area (Å²) in [7, 11) is 0. The molecule has 0 aromatic rings. The highest BCUT2D eigenvalue weighted by Crippen LogP contribution is 2.20. The van der Waals surface area contributed by atoms with Gasteiger partial charge < -0.3 is 5.11 Å². The van der Waals surface area contributed by atoms with Gasteiger partial charge in [-0.15, -0.1) is 0 Å². The third-order valence-corrected chi connectivity index (χ3v) is 2.20. The first-order chi connectivity index (χ1) is 5.02. The summed E-state index contributed by atoms with van der Waals surface area (Å²) < 4.78 is 0. The molecule has 0 heterocycles. The van der Waals surface area contributed by atoms with Crippen molar-refractivity contribution < 1.29 is 9.90 Å². The molecule has 0 atom stereocenters. The topological polar surface area (TPSA) is 49.3 Å². The summed E-state index contributed by atoms with van der Waals surface area (Å²) in [5.74, 6) is -0.774. The van der Waals surface area contributed by atoms with Gasteiger partial charge in [0, 0.05) is 6.04 Å². The Labute approximate surface area is 66.8 Å². The second-order valence-electron chi connectivity index (χ2n) is 3.70. The lowest BCUT2D eigenvalue weighted by molar-refractivity contribution is -0.144. The molecule has 11 heavy (non-hydrogen) atoms. The zero-order valence-corrected chi connectivity index (χ0v) is 7.05. The van der Waals surface area contributed by atoms with Crippen LogP contribution in [-0.4, -0.2) is 22.7 Å². The fourth-order valence-electron chi connectivity index (χ4n) is 1.12. The largest absolute Gasteiger partial charge is 0.480 e. The lowest BCUT2D eigenvalue weighted by Gasteiger charge is -2.33. The Kier molecular flexibility index (Phi) is 2.18. The number of carboxylic acids is 1. The van der Waals surface area contributed by atoms with E-state index in [-0.39, 0.29) is 0 Å². The minimum atomic E-state index is -0.774. The van der Waals surface area contributed by atoms with Crippen molar-refractivity contribution in [2.24, 2.45) is 0 Å². The monoisotopic (exact) mass is 157 g/mol. The molecule has 1 aliphatic rings. The quantitative estimate of drug-likeness (QED) is 0.642. The van der Waals surface area contributed by atoms with Crippen LogP contribution in [0.1, 0.15) is 33.1 Å². The predicted octanol–water partition coefficient (Wildman–Crippen LogP) is 0.992. The Hall–Kier alpha value is -0.570. The van der Waals surface area contributed by atoms with Crippen LogP contribution >= 0.6 is 0 Å². The highest BCUT2D eigenvalue weighted by molar-refractivity contribution is 5.77. The number of carbonyl (C=O) groups is 1. The van der Waals surface area contributed by atoms with Crippen LogP contribution in [0.3, 0.4) is 0 Å². The molecule has 1 rings (SSSR count). The molecule has 0 radical (unpaired) electrons. The average Bonchev–Trinajstić information content (AvgIpc) is 1.79. The highest BCUT2D eigenvalue weighted by atomic mass is 16.4. The third kappa shape index (κ3) is 1.93. The van der Waals surface area contributed by atoms with Crippen molar-refractivity contribution in [1.82, 2.24) is 5.32 Å². The van der Waals surface area contributed by atoms with E-state index < -0.39 is 11.5 Å². The normalized spacial score (nSPS) is 19.5. The zero-order valence-electron chi connectivity index (χ0n) is 7.05. The molecule has 0 aromatic carbocycles. The van der Waals surface area contributed by atoms with Crippen molar-refractivity contribution >= 4 is 5.97 Å². The molecule has 0 aromatic heterocycles. The maximum absolute atomic E-state index is 10.6. The third-order valence-electron chi connectivity index (χ3n) is 2.20. The Morgan fingerprint density at radius 1 is 1.55 bits per heavy atom. The van der Waals surface area contributed by atoms with Crippen molar-refractivity contribution in [2.75, 3.05) is 0 Å². The molecule has 3 nitrogen and oxygen atoms in total. The number of hydrogen-bond acceptors (Lipinski definition) is 2. The summed E-state index contributed by atoms with van der Waals surface area (Å²) in [5, 5.41) is 11.8. The molecule has 2 N–H and O–H groups in total. The molecular weight excluding hydrogens is 142 g/mol. The van der Waals surface area contributed by atoms with Crippen LogP contribution in [0.25, 0.3) is 0 Å². The Balaban J connectivity index is 2.38. The molecular formula is C8H15NO2. The number of carboxylic acid groups (broad SMARTS) is 1. The molecule has 0 unspecified atom stereocenters. The molecule has 0 spiro atoms. The van der Waals surface area contributed by atoms with Crippen molar-refractivity contribution in [2.45, 2.75) is 44.7 Å². The van der Waals surface area contributed by atoms with E-state index in [9.17, 15) is 4.79 Å².